The number of nitrogens with one attached hydrogen (secondary N) is 1. The second-order valence-electron chi connectivity index (χ2n) is 4.42. The second-order valence-corrected chi connectivity index (χ2v) is 4.81. The minimum absolute atomic E-state index is 0.0860. The smallest absolute Gasteiger partial charge is 0.294 e. The van der Waals surface area contributed by atoms with Crippen LogP contribution in [0.15, 0.2) is 41.3 Å². The Hall–Kier alpha value is -2.54. The van der Waals surface area contributed by atoms with Crippen LogP contribution in [0.25, 0.3) is 11.0 Å². The van der Waals surface area contributed by atoms with Crippen molar-refractivity contribution in [1.29, 1.82) is 0 Å². The van der Waals surface area contributed by atoms with Crippen molar-refractivity contribution in [3.8, 4) is 11.5 Å². The molecule has 0 spiro atoms. The molecule has 0 atom stereocenters. The van der Waals surface area contributed by atoms with Gasteiger partial charge in [0.15, 0.2) is 10.5 Å². The number of ether oxygens (including phenoxy) is 1. The van der Waals surface area contributed by atoms with E-state index in [9.17, 15) is 9.18 Å². The summed E-state index contributed by atoms with van der Waals surface area (Å²) < 4.78 is 20.3. The van der Waals surface area contributed by atoms with Crippen molar-refractivity contribution in [1.82, 2.24) is 14.5 Å². The molecule has 0 unspecified atom stereocenters. The number of H-pyrrole nitrogens is 1. The molecule has 106 valence electrons. The molecular formula is C14H10FN3O2S. The van der Waals surface area contributed by atoms with Crippen molar-refractivity contribution in [2.45, 2.75) is 0 Å². The largest absolute Gasteiger partial charge is 0.451 e. The molecule has 2 heterocycles. The first kappa shape index (κ1) is 13.4. The van der Waals surface area contributed by atoms with E-state index >= 15 is 0 Å². The zero-order chi connectivity index (χ0) is 15.0. The van der Waals surface area contributed by atoms with Gasteiger partial charge < -0.3 is 9.72 Å². The molecule has 1 N–H and O–H groups in total. The monoisotopic (exact) mass is 303 g/mol. The highest BCUT2D eigenvalue weighted by atomic mass is 32.1. The number of aromatic nitrogens is 3. The second kappa shape index (κ2) is 5.10. The quantitative estimate of drug-likeness (QED) is 0.740. The number of fused-ring (bicyclic) bond motifs is 1. The topological polar surface area (TPSA) is 59.9 Å². The Morgan fingerprint density at radius 2 is 2.19 bits per heavy atom. The Labute approximate surface area is 123 Å². The van der Waals surface area contributed by atoms with Gasteiger partial charge in [0, 0.05) is 24.7 Å². The molecule has 7 heteroatoms. The van der Waals surface area contributed by atoms with Crippen molar-refractivity contribution in [3.05, 3.63) is 57.5 Å². The molecule has 21 heavy (non-hydrogen) atoms. The maximum absolute atomic E-state index is 13.2. The lowest BCUT2D eigenvalue weighted by molar-refractivity contribution is 0.466. The lowest BCUT2D eigenvalue weighted by Crippen LogP contribution is -2.19. The van der Waals surface area contributed by atoms with Gasteiger partial charge >= 0.3 is 0 Å². The zero-order valence-electron chi connectivity index (χ0n) is 11.0. The van der Waals surface area contributed by atoms with E-state index in [1.54, 1.807) is 25.4 Å². The Morgan fingerprint density at radius 3 is 2.95 bits per heavy atom. The van der Waals surface area contributed by atoms with Crippen molar-refractivity contribution in [2.75, 3.05) is 0 Å². The predicted octanol–water partition coefficient (Wildman–Crippen LogP) is 2.92. The summed E-state index contributed by atoms with van der Waals surface area (Å²) in [4.78, 5) is 19.1. The molecule has 0 saturated carbocycles. The van der Waals surface area contributed by atoms with Crippen LogP contribution in [0.5, 0.6) is 11.5 Å². The van der Waals surface area contributed by atoms with E-state index in [0.29, 0.717) is 11.0 Å². The fraction of sp³-hybridized carbons (Fsp3) is 0.0714. The average molecular weight is 303 g/mol. The molecule has 3 rings (SSSR count). The minimum atomic E-state index is -0.434. The van der Waals surface area contributed by atoms with E-state index in [4.69, 9.17) is 17.0 Å². The number of rotatable bonds is 2. The van der Waals surface area contributed by atoms with Crippen LogP contribution in [0.4, 0.5) is 4.39 Å². The Balaban J connectivity index is 2.15. The highest BCUT2D eigenvalue weighted by Gasteiger charge is 2.10. The molecule has 0 fully saturated rings. The highest BCUT2D eigenvalue weighted by Crippen LogP contribution is 2.21. The molecule has 0 aliphatic heterocycles. The summed E-state index contributed by atoms with van der Waals surface area (Å²) in [6.45, 7) is 0. The first-order valence-corrected chi connectivity index (χ1v) is 6.48. The van der Waals surface area contributed by atoms with Gasteiger partial charge in [0.05, 0.1) is 0 Å². The first-order chi connectivity index (χ1) is 10.0. The van der Waals surface area contributed by atoms with Crippen LogP contribution < -0.4 is 10.3 Å². The molecule has 0 aliphatic carbocycles. The molecule has 0 aliphatic rings. The Bertz CT molecular complexity index is 949. The van der Waals surface area contributed by atoms with Gasteiger partial charge in [-0.1, -0.05) is 6.07 Å². The number of hydrogen-bond donors (Lipinski definition) is 1. The SMILES string of the molecule is Cn1c(=O)c(Oc2cccc(F)c2)cc2cnc(=S)[nH]c21. The number of nitrogens with zero attached hydrogens (tertiary/aromatic N) is 2. The lowest BCUT2D eigenvalue weighted by atomic mass is 10.3. The summed E-state index contributed by atoms with van der Waals surface area (Å²) in [6, 6.07) is 7.13. The van der Waals surface area contributed by atoms with Gasteiger partial charge in [0.25, 0.3) is 5.56 Å². The number of halogens is 1. The van der Waals surface area contributed by atoms with Gasteiger partial charge in [0.1, 0.15) is 17.2 Å². The average Bonchev–Trinajstić information content (AvgIpc) is 2.45. The molecular weight excluding hydrogens is 293 g/mol. The standard InChI is InChI=1S/C14H10FN3O2S/c1-18-12-8(7-16-14(21)17-12)5-11(13(18)19)20-10-4-2-3-9(15)6-10/h2-7H,1H3,(H,16,17,21). The van der Waals surface area contributed by atoms with E-state index in [1.807, 2.05) is 0 Å². The fourth-order valence-electron chi connectivity index (χ4n) is 1.98. The van der Waals surface area contributed by atoms with Crippen molar-refractivity contribution in [3.63, 3.8) is 0 Å². The van der Waals surface area contributed by atoms with E-state index < -0.39 is 5.82 Å². The molecule has 0 amide bonds. The summed E-state index contributed by atoms with van der Waals surface area (Å²) in [7, 11) is 1.59. The summed E-state index contributed by atoms with van der Waals surface area (Å²) >= 11 is 4.94. The minimum Gasteiger partial charge on any atom is -0.451 e. The third-order valence-corrected chi connectivity index (χ3v) is 3.19. The van der Waals surface area contributed by atoms with Crippen LogP contribution in [-0.4, -0.2) is 14.5 Å². The summed E-state index contributed by atoms with van der Waals surface area (Å²) in [5.41, 5.74) is 0.190. The number of hydrogen-bond acceptors (Lipinski definition) is 4. The maximum atomic E-state index is 13.2. The van der Waals surface area contributed by atoms with Crippen molar-refractivity contribution < 1.29 is 9.13 Å². The number of benzene rings is 1. The number of aromatic amines is 1. The summed E-state index contributed by atoms with van der Waals surface area (Å²) in [5.74, 6) is -0.0953. The number of pyridine rings is 1. The van der Waals surface area contributed by atoms with Gasteiger partial charge in [-0.3, -0.25) is 9.36 Å². The fourth-order valence-corrected chi connectivity index (χ4v) is 2.13. The van der Waals surface area contributed by atoms with Gasteiger partial charge in [-0.25, -0.2) is 9.37 Å². The summed E-state index contributed by atoms with van der Waals surface area (Å²) in [5, 5.41) is 0.664. The van der Waals surface area contributed by atoms with Gasteiger partial charge in [-0.2, -0.15) is 0 Å². The third kappa shape index (κ3) is 2.55. The van der Waals surface area contributed by atoms with Crippen molar-refractivity contribution in [2.24, 2.45) is 7.05 Å². The Kier molecular flexibility index (Phi) is 3.26. The predicted molar refractivity (Wildman–Crippen MR) is 78.6 cm³/mol. The van der Waals surface area contributed by atoms with E-state index in [-0.39, 0.29) is 21.8 Å². The third-order valence-electron chi connectivity index (χ3n) is 2.98. The van der Waals surface area contributed by atoms with Gasteiger partial charge in [-0.05, 0) is 30.4 Å². The molecule has 3 aromatic rings. The van der Waals surface area contributed by atoms with E-state index in [2.05, 4.69) is 9.97 Å². The molecule has 0 saturated heterocycles. The van der Waals surface area contributed by atoms with Gasteiger partial charge in [0.2, 0.25) is 0 Å². The summed E-state index contributed by atoms with van der Waals surface area (Å²) in [6.07, 6.45) is 1.55. The number of aryl methyl sites for hydroxylation is 1. The van der Waals surface area contributed by atoms with Crippen LogP contribution in [0, 0.1) is 10.6 Å². The zero-order valence-corrected chi connectivity index (χ0v) is 11.8. The first-order valence-electron chi connectivity index (χ1n) is 6.07. The van der Waals surface area contributed by atoms with Crippen LogP contribution >= 0.6 is 12.2 Å². The molecule has 5 nitrogen and oxygen atoms in total. The molecule has 0 radical (unpaired) electrons. The van der Waals surface area contributed by atoms with Crippen molar-refractivity contribution >= 4 is 23.3 Å². The molecule has 0 bridgehead atoms. The molecule has 1 aromatic carbocycles. The lowest BCUT2D eigenvalue weighted by Gasteiger charge is -2.09. The van der Waals surface area contributed by atoms with Crippen LogP contribution in [0.2, 0.25) is 0 Å². The van der Waals surface area contributed by atoms with Gasteiger partial charge in [-0.15, -0.1) is 0 Å². The van der Waals surface area contributed by atoms with Crippen LogP contribution in [0.1, 0.15) is 0 Å². The normalized spacial score (nSPS) is 10.8. The highest BCUT2D eigenvalue weighted by molar-refractivity contribution is 7.71. The van der Waals surface area contributed by atoms with Crippen LogP contribution in [0.3, 0.4) is 0 Å². The van der Waals surface area contributed by atoms with E-state index in [0.717, 1.165) is 0 Å². The maximum Gasteiger partial charge on any atom is 0.294 e. The van der Waals surface area contributed by atoms with E-state index in [1.165, 1.54) is 22.8 Å². The molecule has 2 aromatic heterocycles. The van der Waals surface area contributed by atoms with Crippen LogP contribution in [-0.2, 0) is 7.05 Å². The Morgan fingerprint density at radius 1 is 1.38 bits per heavy atom.